The standard InChI is InChI=1S/C35H49FN7O7P/c1-34(2,3)31(32(35(4,5)6)50-51(45,46)47)43(15-17-48-7)14-9-16-49-26-12-13-27-28(21-26)37-22-38-33(27)40-29-19-25(41-42-29)20-30(44)39-24-11-8-10-23(36)18-24/h8,10-13,18-19,21-22,31-32H,9,14-17,20H2,1-7H3,(H,39,44)(H2,45,46,47)(H2,37,38,40,41,42). The van der Waals surface area contributed by atoms with Crippen LogP contribution in [-0.4, -0.2) is 86.3 Å². The number of anilines is 3. The predicted octanol–water partition coefficient (Wildman–Crippen LogP) is 6.07. The van der Waals surface area contributed by atoms with Crippen LogP contribution in [-0.2, 0) is 25.0 Å². The minimum absolute atomic E-state index is 0.00969. The fourth-order valence-electron chi connectivity index (χ4n) is 5.89. The number of rotatable bonds is 17. The van der Waals surface area contributed by atoms with Gasteiger partial charge in [0.2, 0.25) is 5.91 Å². The number of benzene rings is 2. The number of hydrogen-bond acceptors (Lipinski definition) is 10. The molecule has 4 aromatic rings. The highest BCUT2D eigenvalue weighted by Gasteiger charge is 2.45. The zero-order valence-corrected chi connectivity index (χ0v) is 31.0. The van der Waals surface area contributed by atoms with Crippen molar-refractivity contribution in [3.8, 4) is 5.75 Å². The normalized spacial score (nSPS) is 13.7. The minimum Gasteiger partial charge on any atom is -0.493 e. The van der Waals surface area contributed by atoms with Gasteiger partial charge in [-0.3, -0.25) is 19.3 Å². The highest BCUT2D eigenvalue weighted by atomic mass is 31.2. The lowest BCUT2D eigenvalue weighted by atomic mass is 9.73. The van der Waals surface area contributed by atoms with Gasteiger partial charge in [-0.05, 0) is 47.6 Å². The molecule has 5 N–H and O–H groups in total. The van der Waals surface area contributed by atoms with Crippen molar-refractivity contribution in [2.24, 2.45) is 10.8 Å². The van der Waals surface area contributed by atoms with Crippen molar-refractivity contribution in [3.63, 3.8) is 0 Å². The lowest BCUT2D eigenvalue weighted by Gasteiger charge is -2.48. The Morgan fingerprint density at radius 2 is 1.78 bits per heavy atom. The Morgan fingerprint density at radius 3 is 2.45 bits per heavy atom. The predicted molar refractivity (Wildman–Crippen MR) is 193 cm³/mol. The van der Waals surface area contributed by atoms with E-state index >= 15 is 0 Å². The fourth-order valence-corrected chi connectivity index (χ4v) is 6.62. The zero-order chi connectivity index (χ0) is 37.4. The average molecular weight is 730 g/mol. The summed E-state index contributed by atoms with van der Waals surface area (Å²) in [6.07, 6.45) is 1.30. The number of amides is 1. The molecule has 1 amide bonds. The fraction of sp³-hybridized carbons (Fsp3) is 0.486. The van der Waals surface area contributed by atoms with Crippen LogP contribution in [0.3, 0.4) is 0 Å². The van der Waals surface area contributed by atoms with Gasteiger partial charge in [0.1, 0.15) is 23.7 Å². The number of phosphoric acid groups is 1. The van der Waals surface area contributed by atoms with Gasteiger partial charge in [-0.25, -0.2) is 18.9 Å². The molecule has 0 aliphatic rings. The summed E-state index contributed by atoms with van der Waals surface area (Å²) in [7, 11) is -3.15. The number of carbonyl (C=O) groups is 1. The lowest BCUT2D eigenvalue weighted by Crippen LogP contribution is -2.57. The van der Waals surface area contributed by atoms with E-state index < -0.39 is 25.2 Å². The minimum atomic E-state index is -4.77. The van der Waals surface area contributed by atoms with Gasteiger partial charge in [-0.1, -0.05) is 47.6 Å². The topological polar surface area (TPSA) is 184 Å². The summed E-state index contributed by atoms with van der Waals surface area (Å²) in [5.74, 6) is 0.825. The molecule has 14 nitrogen and oxygen atoms in total. The molecule has 0 radical (unpaired) electrons. The summed E-state index contributed by atoms with van der Waals surface area (Å²) in [5, 5.41) is 13.6. The Balaban J connectivity index is 1.39. The molecule has 0 spiro atoms. The Hall–Kier alpha value is -3.98. The highest BCUT2D eigenvalue weighted by molar-refractivity contribution is 7.46. The van der Waals surface area contributed by atoms with Crippen LogP contribution in [0.4, 0.5) is 21.7 Å². The number of ether oxygens (including phenoxy) is 2. The molecule has 0 aliphatic carbocycles. The molecule has 0 aliphatic heterocycles. The summed E-state index contributed by atoms with van der Waals surface area (Å²) in [4.78, 5) is 43.0. The smallest absolute Gasteiger partial charge is 0.469 e. The number of H-pyrrole nitrogens is 1. The van der Waals surface area contributed by atoms with E-state index in [1.807, 2.05) is 59.7 Å². The van der Waals surface area contributed by atoms with E-state index in [1.165, 1.54) is 24.5 Å². The van der Waals surface area contributed by atoms with Crippen LogP contribution >= 0.6 is 7.82 Å². The number of aromatic amines is 1. The van der Waals surface area contributed by atoms with Crippen molar-refractivity contribution in [1.29, 1.82) is 0 Å². The second-order valence-electron chi connectivity index (χ2n) is 14.5. The lowest BCUT2D eigenvalue weighted by molar-refractivity contribution is -0.115. The molecule has 16 heteroatoms. The van der Waals surface area contributed by atoms with E-state index in [0.29, 0.717) is 67.0 Å². The number of methoxy groups -OCH3 is 1. The number of nitrogens with one attached hydrogen (secondary N) is 3. The second kappa shape index (κ2) is 17.0. The van der Waals surface area contributed by atoms with Crippen molar-refractivity contribution in [1.82, 2.24) is 25.1 Å². The monoisotopic (exact) mass is 729 g/mol. The molecule has 0 saturated heterocycles. The highest BCUT2D eigenvalue weighted by Crippen LogP contribution is 2.46. The maximum atomic E-state index is 13.4. The largest absolute Gasteiger partial charge is 0.493 e. The van der Waals surface area contributed by atoms with Gasteiger partial charge in [-0.15, -0.1) is 0 Å². The van der Waals surface area contributed by atoms with Crippen molar-refractivity contribution >= 4 is 42.0 Å². The van der Waals surface area contributed by atoms with E-state index in [1.54, 1.807) is 19.2 Å². The van der Waals surface area contributed by atoms with E-state index in [4.69, 9.17) is 14.0 Å². The Morgan fingerprint density at radius 1 is 1.02 bits per heavy atom. The third-order valence-corrected chi connectivity index (χ3v) is 8.56. The number of halogens is 1. The summed E-state index contributed by atoms with van der Waals surface area (Å²) < 4.78 is 42.5. The first-order valence-corrected chi connectivity index (χ1v) is 18.2. The Kier molecular flexibility index (Phi) is 13.3. The first kappa shape index (κ1) is 39.8. The van der Waals surface area contributed by atoms with Gasteiger partial charge in [0.05, 0.1) is 31.3 Å². The summed E-state index contributed by atoms with van der Waals surface area (Å²) >= 11 is 0. The molecule has 2 atom stereocenters. The first-order chi connectivity index (χ1) is 23.9. The summed E-state index contributed by atoms with van der Waals surface area (Å²) in [6, 6.07) is 12.5. The van der Waals surface area contributed by atoms with Crippen LogP contribution in [0.25, 0.3) is 10.9 Å². The van der Waals surface area contributed by atoms with Gasteiger partial charge >= 0.3 is 7.82 Å². The molecule has 4 rings (SSSR count). The van der Waals surface area contributed by atoms with Gasteiger partial charge in [-0.2, -0.15) is 5.10 Å². The maximum Gasteiger partial charge on any atom is 0.469 e. The second-order valence-corrected chi connectivity index (χ2v) is 15.7. The van der Waals surface area contributed by atoms with Crippen molar-refractivity contribution in [2.75, 3.05) is 44.0 Å². The number of phosphoric ester groups is 1. The number of fused-ring (bicyclic) bond motifs is 1. The maximum absolute atomic E-state index is 13.4. The molecule has 278 valence electrons. The molecule has 2 unspecified atom stereocenters. The first-order valence-electron chi connectivity index (χ1n) is 16.6. The zero-order valence-electron chi connectivity index (χ0n) is 30.1. The van der Waals surface area contributed by atoms with Gasteiger partial charge in [0, 0.05) is 55.1 Å². The SMILES string of the molecule is COCCN(CCCOc1ccc2c(Nc3cc(CC(=O)Nc4cccc(F)c4)[nH]n3)ncnc2c1)C(C(OP(=O)(O)O)C(C)(C)C)C(C)(C)C. The number of nitrogens with zero attached hydrogens (tertiary/aromatic N) is 4. The third-order valence-electron chi connectivity index (χ3n) is 8.06. The van der Waals surface area contributed by atoms with Crippen LogP contribution in [0, 0.1) is 16.6 Å². The van der Waals surface area contributed by atoms with Crippen molar-refractivity contribution < 1.29 is 37.5 Å². The molecule has 0 fully saturated rings. The van der Waals surface area contributed by atoms with Crippen LogP contribution in [0.15, 0.2) is 54.9 Å². The van der Waals surface area contributed by atoms with Crippen LogP contribution in [0.5, 0.6) is 5.75 Å². The van der Waals surface area contributed by atoms with E-state index in [-0.39, 0.29) is 23.8 Å². The molecule has 0 saturated carbocycles. The third kappa shape index (κ3) is 12.1. The quantitative estimate of drug-likeness (QED) is 0.0625. The number of carbonyl (C=O) groups excluding carboxylic acids is 1. The summed E-state index contributed by atoms with van der Waals surface area (Å²) in [5.41, 5.74) is 0.614. The molecule has 2 aromatic carbocycles. The molecule has 51 heavy (non-hydrogen) atoms. The molecule has 0 bridgehead atoms. The Labute approximate surface area is 297 Å². The van der Waals surface area contributed by atoms with Crippen molar-refractivity contribution in [3.05, 3.63) is 66.4 Å². The molecular formula is C35H49FN7O7P. The van der Waals surface area contributed by atoms with Gasteiger partial charge in [0.15, 0.2) is 5.82 Å². The number of hydrogen-bond donors (Lipinski definition) is 5. The van der Waals surface area contributed by atoms with Gasteiger partial charge in [0.25, 0.3) is 0 Å². The molecule has 2 heterocycles. The molecular weight excluding hydrogens is 680 g/mol. The van der Waals surface area contributed by atoms with E-state index in [9.17, 15) is 23.5 Å². The van der Waals surface area contributed by atoms with Crippen molar-refractivity contribution in [2.45, 2.75) is 66.5 Å². The van der Waals surface area contributed by atoms with Gasteiger partial charge < -0.3 is 29.9 Å². The average Bonchev–Trinajstić information content (AvgIpc) is 3.45. The summed E-state index contributed by atoms with van der Waals surface area (Å²) in [6.45, 7) is 13.8. The van der Waals surface area contributed by atoms with Crippen LogP contribution < -0.4 is 15.4 Å². The Bertz CT molecular complexity index is 1810. The molecule has 2 aromatic heterocycles. The van der Waals surface area contributed by atoms with Crippen LogP contribution in [0.2, 0.25) is 0 Å². The van der Waals surface area contributed by atoms with E-state index in [2.05, 4.69) is 35.7 Å². The number of aromatic nitrogens is 4. The van der Waals surface area contributed by atoms with E-state index in [0.717, 1.165) is 5.39 Å². The van der Waals surface area contributed by atoms with Crippen LogP contribution in [0.1, 0.15) is 53.7 Å².